The molecule has 1 aliphatic rings. The molecule has 0 aromatic heterocycles. The van der Waals surface area contributed by atoms with Gasteiger partial charge in [0.15, 0.2) is 0 Å². The van der Waals surface area contributed by atoms with Crippen LogP contribution in [0.1, 0.15) is 24.0 Å². The highest BCUT2D eigenvalue weighted by atomic mass is 16.5. The number of hydrogen-bond donors (Lipinski definition) is 2. The Morgan fingerprint density at radius 1 is 1.00 bits per heavy atom. The summed E-state index contributed by atoms with van der Waals surface area (Å²) in [6, 6.07) is 12.9. The molecule has 130 valence electrons. The zero-order chi connectivity index (χ0) is 18.0. The quantitative estimate of drug-likeness (QED) is 0.818. The molecule has 0 radical (unpaired) electrons. The van der Waals surface area contributed by atoms with E-state index in [9.17, 15) is 9.59 Å². The Balaban J connectivity index is 1.72. The maximum Gasteiger partial charge on any atom is 0.240 e. The fourth-order valence-corrected chi connectivity index (χ4v) is 2.83. The van der Waals surface area contributed by atoms with E-state index in [0.29, 0.717) is 24.3 Å². The summed E-state index contributed by atoms with van der Waals surface area (Å²) in [6.45, 7) is 3.95. The number of aryl methyl sites for hydroxylation is 2. The van der Waals surface area contributed by atoms with Gasteiger partial charge in [-0.15, -0.1) is 0 Å². The summed E-state index contributed by atoms with van der Waals surface area (Å²) in [6.07, 6.45) is 1.11. The van der Waals surface area contributed by atoms with Gasteiger partial charge in [0.05, 0.1) is 7.11 Å². The predicted molar refractivity (Wildman–Crippen MR) is 97.8 cm³/mol. The molecule has 1 fully saturated rings. The first-order valence-electron chi connectivity index (χ1n) is 8.29. The van der Waals surface area contributed by atoms with Crippen LogP contribution in [0.2, 0.25) is 0 Å². The molecule has 0 saturated heterocycles. The molecule has 0 unspecified atom stereocenters. The van der Waals surface area contributed by atoms with Crippen molar-refractivity contribution < 1.29 is 14.3 Å². The van der Waals surface area contributed by atoms with Gasteiger partial charge in [-0.3, -0.25) is 9.59 Å². The molecule has 2 aromatic rings. The summed E-state index contributed by atoms with van der Waals surface area (Å²) >= 11 is 0. The van der Waals surface area contributed by atoms with Crippen molar-refractivity contribution in [3.8, 4) is 5.75 Å². The van der Waals surface area contributed by atoms with E-state index in [-0.39, 0.29) is 11.8 Å². The molecule has 0 aliphatic heterocycles. The van der Waals surface area contributed by atoms with E-state index < -0.39 is 5.41 Å². The molecule has 5 heteroatoms. The number of benzene rings is 2. The Kier molecular flexibility index (Phi) is 4.49. The van der Waals surface area contributed by atoms with Crippen LogP contribution < -0.4 is 15.4 Å². The normalized spacial score (nSPS) is 14.5. The molecule has 5 nitrogen and oxygen atoms in total. The van der Waals surface area contributed by atoms with Crippen LogP contribution in [0.25, 0.3) is 0 Å². The summed E-state index contributed by atoms with van der Waals surface area (Å²) in [5.41, 5.74) is 2.50. The minimum absolute atomic E-state index is 0.250. The van der Waals surface area contributed by atoms with E-state index in [1.807, 2.05) is 32.0 Å². The number of hydrogen-bond acceptors (Lipinski definition) is 3. The number of anilines is 2. The molecule has 2 aromatic carbocycles. The SMILES string of the molecule is COc1cccc(NC(=O)C2(C(=O)Nc3ccc(C)cc3C)CC2)c1. The van der Waals surface area contributed by atoms with Gasteiger partial charge in [0.25, 0.3) is 0 Å². The van der Waals surface area contributed by atoms with E-state index in [1.54, 1.807) is 31.4 Å². The molecule has 0 bridgehead atoms. The summed E-state index contributed by atoms with van der Waals surface area (Å²) in [7, 11) is 1.57. The molecule has 2 N–H and O–H groups in total. The van der Waals surface area contributed by atoms with Crippen LogP contribution in [0.4, 0.5) is 11.4 Å². The number of rotatable bonds is 5. The molecule has 0 spiro atoms. The van der Waals surface area contributed by atoms with Crippen LogP contribution in [0.5, 0.6) is 5.75 Å². The first-order valence-corrected chi connectivity index (χ1v) is 8.29. The van der Waals surface area contributed by atoms with Gasteiger partial charge in [-0.05, 0) is 50.5 Å². The lowest BCUT2D eigenvalue weighted by atomic mass is 10.0. The maximum absolute atomic E-state index is 12.7. The average Bonchev–Trinajstić information content (AvgIpc) is 3.39. The molecule has 25 heavy (non-hydrogen) atoms. The number of methoxy groups -OCH3 is 1. The summed E-state index contributed by atoms with van der Waals surface area (Å²) in [5, 5.41) is 5.74. The fourth-order valence-electron chi connectivity index (χ4n) is 2.83. The standard InChI is InChI=1S/C20H22N2O3/c1-13-7-8-17(14(2)11-13)22-19(24)20(9-10-20)18(23)21-15-5-4-6-16(12-15)25-3/h4-8,11-12H,9-10H2,1-3H3,(H,21,23)(H,22,24). The zero-order valence-electron chi connectivity index (χ0n) is 14.7. The molecule has 2 amide bonds. The van der Waals surface area contributed by atoms with Gasteiger partial charge in [-0.25, -0.2) is 0 Å². The van der Waals surface area contributed by atoms with Gasteiger partial charge in [0.2, 0.25) is 11.8 Å². The molecular formula is C20H22N2O3. The molecular weight excluding hydrogens is 316 g/mol. The molecule has 1 saturated carbocycles. The lowest BCUT2D eigenvalue weighted by Crippen LogP contribution is -2.35. The number of nitrogens with one attached hydrogen (secondary N) is 2. The van der Waals surface area contributed by atoms with E-state index in [2.05, 4.69) is 10.6 Å². The fraction of sp³-hybridized carbons (Fsp3) is 0.300. The third-order valence-electron chi connectivity index (χ3n) is 4.58. The second kappa shape index (κ2) is 6.59. The van der Waals surface area contributed by atoms with Crippen LogP contribution in [-0.4, -0.2) is 18.9 Å². The van der Waals surface area contributed by atoms with Gasteiger partial charge in [0, 0.05) is 17.4 Å². The number of carbonyl (C=O) groups is 2. The lowest BCUT2D eigenvalue weighted by molar-refractivity contribution is -0.131. The van der Waals surface area contributed by atoms with Crippen molar-refractivity contribution in [3.63, 3.8) is 0 Å². The topological polar surface area (TPSA) is 67.4 Å². The highest BCUT2D eigenvalue weighted by Crippen LogP contribution is 2.47. The molecule has 1 aliphatic carbocycles. The van der Waals surface area contributed by atoms with Crippen LogP contribution in [-0.2, 0) is 9.59 Å². The minimum atomic E-state index is -0.986. The van der Waals surface area contributed by atoms with Crippen LogP contribution >= 0.6 is 0 Å². The Labute approximate surface area is 147 Å². The van der Waals surface area contributed by atoms with Gasteiger partial charge in [-0.2, -0.15) is 0 Å². The van der Waals surface area contributed by atoms with Crippen molar-refractivity contribution in [1.29, 1.82) is 0 Å². The van der Waals surface area contributed by atoms with Crippen molar-refractivity contribution in [2.75, 3.05) is 17.7 Å². The van der Waals surface area contributed by atoms with Crippen molar-refractivity contribution in [2.45, 2.75) is 26.7 Å². The van der Waals surface area contributed by atoms with E-state index in [4.69, 9.17) is 4.74 Å². The van der Waals surface area contributed by atoms with Gasteiger partial charge >= 0.3 is 0 Å². The highest BCUT2D eigenvalue weighted by Gasteiger charge is 2.56. The van der Waals surface area contributed by atoms with Crippen molar-refractivity contribution in [3.05, 3.63) is 53.6 Å². The van der Waals surface area contributed by atoms with E-state index in [1.165, 1.54) is 0 Å². The van der Waals surface area contributed by atoms with Crippen molar-refractivity contribution in [2.24, 2.45) is 5.41 Å². The summed E-state index contributed by atoms with van der Waals surface area (Å²) in [4.78, 5) is 25.3. The second-order valence-corrected chi connectivity index (χ2v) is 6.54. The summed E-state index contributed by atoms with van der Waals surface area (Å²) in [5.74, 6) is 0.130. The zero-order valence-corrected chi connectivity index (χ0v) is 14.7. The molecule has 0 atom stereocenters. The summed E-state index contributed by atoms with van der Waals surface area (Å²) < 4.78 is 5.16. The Bertz CT molecular complexity index is 825. The minimum Gasteiger partial charge on any atom is -0.497 e. The first kappa shape index (κ1) is 17.0. The largest absolute Gasteiger partial charge is 0.497 e. The third kappa shape index (κ3) is 3.50. The second-order valence-electron chi connectivity index (χ2n) is 6.54. The number of amides is 2. The lowest BCUT2D eigenvalue weighted by Gasteiger charge is -2.17. The maximum atomic E-state index is 12.7. The molecule has 3 rings (SSSR count). The van der Waals surface area contributed by atoms with Crippen LogP contribution in [0.15, 0.2) is 42.5 Å². The van der Waals surface area contributed by atoms with Crippen molar-refractivity contribution in [1.82, 2.24) is 0 Å². The van der Waals surface area contributed by atoms with Crippen molar-refractivity contribution >= 4 is 23.2 Å². The van der Waals surface area contributed by atoms with Crippen LogP contribution in [0.3, 0.4) is 0 Å². The van der Waals surface area contributed by atoms with Gasteiger partial charge in [-0.1, -0.05) is 23.8 Å². The third-order valence-corrected chi connectivity index (χ3v) is 4.58. The average molecular weight is 338 g/mol. The van der Waals surface area contributed by atoms with E-state index in [0.717, 1.165) is 16.8 Å². The van der Waals surface area contributed by atoms with E-state index >= 15 is 0 Å². The predicted octanol–water partition coefficient (Wildman–Crippen LogP) is 3.67. The van der Waals surface area contributed by atoms with Crippen LogP contribution in [0, 0.1) is 19.3 Å². The Morgan fingerprint density at radius 3 is 2.36 bits per heavy atom. The number of ether oxygens (including phenoxy) is 1. The molecule has 0 heterocycles. The smallest absolute Gasteiger partial charge is 0.240 e. The van der Waals surface area contributed by atoms with Gasteiger partial charge < -0.3 is 15.4 Å². The Morgan fingerprint density at radius 2 is 1.72 bits per heavy atom. The monoisotopic (exact) mass is 338 g/mol. The number of carbonyl (C=O) groups excluding carboxylic acids is 2. The first-order chi connectivity index (χ1) is 11.9. The van der Waals surface area contributed by atoms with Gasteiger partial charge in [0.1, 0.15) is 11.2 Å². The Hall–Kier alpha value is -2.82. The highest BCUT2D eigenvalue weighted by molar-refractivity contribution is 6.17.